The molecule has 3 nitrogen and oxygen atoms in total. The highest BCUT2D eigenvalue weighted by molar-refractivity contribution is 9.10. The van der Waals surface area contributed by atoms with Crippen LogP contribution in [0, 0.1) is 5.82 Å². The van der Waals surface area contributed by atoms with E-state index in [1.807, 2.05) is 0 Å². The molecule has 17 heavy (non-hydrogen) atoms. The van der Waals surface area contributed by atoms with Crippen LogP contribution in [0.3, 0.4) is 0 Å². The third-order valence-corrected chi connectivity index (χ3v) is 4.77. The summed E-state index contributed by atoms with van der Waals surface area (Å²) in [6.45, 7) is 2.73. The van der Waals surface area contributed by atoms with Gasteiger partial charge in [0.15, 0.2) is 0 Å². The van der Waals surface area contributed by atoms with Crippen molar-refractivity contribution < 1.29 is 18.5 Å². The van der Waals surface area contributed by atoms with Crippen molar-refractivity contribution in [2.75, 3.05) is 0 Å². The maximum Gasteiger partial charge on any atom is 0.321 e. The fourth-order valence-corrected chi connectivity index (χ4v) is 2.46. The highest BCUT2D eigenvalue weighted by atomic mass is 79.9. The molecule has 0 heterocycles. The van der Waals surface area contributed by atoms with E-state index in [0.717, 1.165) is 0 Å². The van der Waals surface area contributed by atoms with Crippen molar-refractivity contribution in [3.05, 3.63) is 34.1 Å². The van der Waals surface area contributed by atoms with Crippen LogP contribution in [0.5, 0.6) is 0 Å². The quantitative estimate of drug-likeness (QED) is 0.927. The molecule has 0 saturated carbocycles. The average Bonchev–Trinajstić information content (AvgIpc) is 2.21. The van der Waals surface area contributed by atoms with Crippen LogP contribution in [0.2, 0.25) is 0 Å². The highest BCUT2D eigenvalue weighted by Crippen LogP contribution is 2.21. The van der Waals surface area contributed by atoms with Crippen molar-refractivity contribution in [3.63, 3.8) is 0 Å². The topological polar surface area (TPSA) is 54.4 Å². The number of carboxylic acid groups (broad SMARTS) is 1. The summed E-state index contributed by atoms with van der Waals surface area (Å²) in [6, 6.07) is 4.39. The molecule has 1 aromatic rings. The lowest BCUT2D eigenvalue weighted by Gasteiger charge is -2.18. The molecule has 1 aromatic carbocycles. The number of hydrogen-bond donors (Lipinski definition) is 1. The van der Waals surface area contributed by atoms with Gasteiger partial charge in [0, 0.05) is 20.8 Å². The lowest BCUT2D eigenvalue weighted by atomic mass is 10.2. The summed E-state index contributed by atoms with van der Waals surface area (Å²) in [5.74, 6) is -1.76. The molecular formula is C11H12BrFO3S. The first-order chi connectivity index (χ1) is 7.75. The molecule has 1 rings (SSSR count). The van der Waals surface area contributed by atoms with E-state index < -0.39 is 27.3 Å². The van der Waals surface area contributed by atoms with Gasteiger partial charge >= 0.3 is 5.97 Å². The summed E-state index contributed by atoms with van der Waals surface area (Å²) in [5.41, 5.74) is 0.251. The van der Waals surface area contributed by atoms with Crippen LogP contribution in [0.25, 0.3) is 0 Å². The summed E-state index contributed by atoms with van der Waals surface area (Å²) >= 11 is 3.12. The molecule has 0 saturated heterocycles. The van der Waals surface area contributed by atoms with Crippen LogP contribution < -0.4 is 0 Å². The number of benzene rings is 1. The third-order valence-electron chi connectivity index (χ3n) is 2.39. The minimum absolute atomic E-state index is 0.113. The second kappa shape index (κ2) is 5.27. The van der Waals surface area contributed by atoms with Gasteiger partial charge in [-0.3, -0.25) is 9.00 Å². The number of halogens is 2. The van der Waals surface area contributed by atoms with E-state index in [0.29, 0.717) is 4.47 Å². The smallest absolute Gasteiger partial charge is 0.321 e. The van der Waals surface area contributed by atoms with E-state index in [1.165, 1.54) is 26.0 Å². The van der Waals surface area contributed by atoms with Crippen molar-refractivity contribution in [2.24, 2.45) is 0 Å². The molecule has 1 atom stereocenters. The van der Waals surface area contributed by atoms with Gasteiger partial charge in [0.2, 0.25) is 0 Å². The lowest BCUT2D eigenvalue weighted by Crippen LogP contribution is -2.37. The minimum atomic E-state index is -1.68. The fraction of sp³-hybridized carbons (Fsp3) is 0.364. The summed E-state index contributed by atoms with van der Waals surface area (Å²) in [4.78, 5) is 10.9. The van der Waals surface area contributed by atoms with Crippen molar-refractivity contribution >= 4 is 32.7 Å². The standard InChI is InChI=1S/C11H12BrFO3S/c1-11(2,10(14)15)17(16)6-7-3-4-8(12)5-9(7)13/h3-5H,6H2,1-2H3,(H,14,15). The Labute approximate surface area is 110 Å². The Morgan fingerprint density at radius 3 is 2.59 bits per heavy atom. The normalized spacial score (nSPS) is 13.4. The van der Waals surface area contributed by atoms with Gasteiger partial charge in [-0.1, -0.05) is 22.0 Å². The molecule has 0 radical (unpaired) electrons. The van der Waals surface area contributed by atoms with E-state index in [1.54, 1.807) is 6.07 Å². The molecule has 0 amide bonds. The van der Waals surface area contributed by atoms with Gasteiger partial charge in [-0.2, -0.15) is 0 Å². The molecule has 1 N–H and O–H groups in total. The summed E-state index contributed by atoms with van der Waals surface area (Å²) in [7, 11) is -1.68. The summed E-state index contributed by atoms with van der Waals surface area (Å²) in [5, 5.41) is 8.91. The molecule has 6 heteroatoms. The first-order valence-corrected chi connectivity index (χ1v) is 6.92. The zero-order valence-electron chi connectivity index (χ0n) is 9.37. The van der Waals surface area contributed by atoms with Crippen molar-refractivity contribution in [3.8, 4) is 0 Å². The number of aliphatic carboxylic acids is 1. The first kappa shape index (κ1) is 14.3. The lowest BCUT2D eigenvalue weighted by molar-refractivity contribution is -0.139. The largest absolute Gasteiger partial charge is 0.480 e. The molecule has 0 aliphatic heterocycles. The summed E-state index contributed by atoms with van der Waals surface area (Å²) in [6.07, 6.45) is 0. The van der Waals surface area contributed by atoms with Gasteiger partial charge in [-0.25, -0.2) is 4.39 Å². The zero-order chi connectivity index (χ0) is 13.2. The van der Waals surface area contributed by atoms with Crippen LogP contribution in [-0.4, -0.2) is 20.0 Å². The number of carbonyl (C=O) groups is 1. The van der Waals surface area contributed by atoms with E-state index in [4.69, 9.17) is 5.11 Å². The monoisotopic (exact) mass is 322 g/mol. The van der Waals surface area contributed by atoms with Gasteiger partial charge in [0.05, 0.1) is 5.75 Å². The van der Waals surface area contributed by atoms with Crippen molar-refractivity contribution in [1.82, 2.24) is 0 Å². The number of hydrogen-bond acceptors (Lipinski definition) is 2. The molecule has 0 aliphatic carbocycles. The Morgan fingerprint density at radius 2 is 2.12 bits per heavy atom. The first-order valence-electron chi connectivity index (χ1n) is 4.81. The minimum Gasteiger partial charge on any atom is -0.480 e. The molecule has 0 fully saturated rings. The van der Waals surface area contributed by atoms with Crippen LogP contribution in [0.1, 0.15) is 19.4 Å². The van der Waals surface area contributed by atoms with Crippen LogP contribution in [0.15, 0.2) is 22.7 Å². The Balaban J connectivity index is 2.92. The van der Waals surface area contributed by atoms with E-state index in [9.17, 15) is 13.4 Å². The molecule has 0 spiro atoms. The van der Waals surface area contributed by atoms with E-state index in [-0.39, 0.29) is 11.3 Å². The van der Waals surface area contributed by atoms with Crippen LogP contribution in [-0.2, 0) is 21.3 Å². The summed E-state index contributed by atoms with van der Waals surface area (Å²) < 4.78 is 24.5. The van der Waals surface area contributed by atoms with Gasteiger partial charge in [0.25, 0.3) is 0 Å². The van der Waals surface area contributed by atoms with Gasteiger partial charge in [0.1, 0.15) is 10.6 Å². The second-order valence-electron chi connectivity index (χ2n) is 4.04. The molecule has 1 unspecified atom stereocenters. The van der Waals surface area contributed by atoms with Crippen LogP contribution in [0.4, 0.5) is 4.39 Å². The highest BCUT2D eigenvalue weighted by Gasteiger charge is 2.34. The van der Waals surface area contributed by atoms with Gasteiger partial charge in [-0.15, -0.1) is 0 Å². The van der Waals surface area contributed by atoms with Crippen molar-refractivity contribution in [1.29, 1.82) is 0 Å². The van der Waals surface area contributed by atoms with Crippen molar-refractivity contribution in [2.45, 2.75) is 24.3 Å². The predicted octanol–water partition coefficient (Wildman–Crippen LogP) is 2.70. The van der Waals surface area contributed by atoms with Gasteiger partial charge in [-0.05, 0) is 26.0 Å². The average molecular weight is 323 g/mol. The third kappa shape index (κ3) is 3.35. The zero-order valence-corrected chi connectivity index (χ0v) is 11.8. The molecule has 0 bridgehead atoms. The molecule has 94 valence electrons. The Bertz CT molecular complexity index is 474. The Kier molecular flexibility index (Phi) is 4.43. The van der Waals surface area contributed by atoms with Gasteiger partial charge < -0.3 is 5.11 Å². The fourth-order valence-electron chi connectivity index (χ4n) is 1.06. The maximum absolute atomic E-state index is 13.5. The molecule has 0 aliphatic rings. The molecular weight excluding hydrogens is 311 g/mol. The molecule has 0 aromatic heterocycles. The number of rotatable bonds is 4. The van der Waals surface area contributed by atoms with Crippen LogP contribution >= 0.6 is 15.9 Å². The van der Waals surface area contributed by atoms with E-state index in [2.05, 4.69) is 15.9 Å². The SMILES string of the molecule is CC(C)(C(=O)O)S(=O)Cc1ccc(Br)cc1F. The second-order valence-corrected chi connectivity index (χ2v) is 6.96. The maximum atomic E-state index is 13.5. The Hall–Kier alpha value is -0.750. The van der Waals surface area contributed by atoms with E-state index >= 15 is 0 Å². The Morgan fingerprint density at radius 1 is 1.53 bits per heavy atom. The predicted molar refractivity (Wildman–Crippen MR) is 67.7 cm³/mol. The number of carboxylic acids is 1.